The third kappa shape index (κ3) is 3.02. The van der Waals surface area contributed by atoms with Crippen molar-refractivity contribution >= 4 is 16.9 Å². The van der Waals surface area contributed by atoms with Crippen LogP contribution in [0.3, 0.4) is 0 Å². The quantitative estimate of drug-likeness (QED) is 0.934. The second-order valence-corrected chi connectivity index (χ2v) is 5.45. The van der Waals surface area contributed by atoms with Crippen molar-refractivity contribution in [3.05, 3.63) is 23.5 Å². The highest BCUT2D eigenvalue weighted by atomic mass is 16.1. The molecular formula is C15H19N5O. The first kappa shape index (κ1) is 15.0. The molecule has 2 heterocycles. The van der Waals surface area contributed by atoms with E-state index in [0.29, 0.717) is 11.3 Å². The van der Waals surface area contributed by atoms with Crippen LogP contribution < -0.4 is 5.32 Å². The maximum atomic E-state index is 12.2. The highest BCUT2D eigenvalue weighted by molar-refractivity contribution is 5.98. The number of rotatable bonds is 4. The monoisotopic (exact) mass is 285 g/mol. The van der Waals surface area contributed by atoms with Crippen molar-refractivity contribution in [3.8, 4) is 6.07 Å². The second-order valence-electron chi connectivity index (χ2n) is 5.45. The summed E-state index contributed by atoms with van der Waals surface area (Å²) in [6.45, 7) is 7.68. The summed E-state index contributed by atoms with van der Waals surface area (Å²) in [5.74, 6) is -0.207. The molecule has 21 heavy (non-hydrogen) atoms. The van der Waals surface area contributed by atoms with Crippen LogP contribution in [0, 0.1) is 18.3 Å². The summed E-state index contributed by atoms with van der Waals surface area (Å²) >= 11 is 0. The largest absolute Gasteiger partial charge is 0.348 e. The minimum absolute atomic E-state index is 0.184. The number of pyridine rings is 1. The maximum absolute atomic E-state index is 12.2. The summed E-state index contributed by atoms with van der Waals surface area (Å²) in [5, 5.41) is 16.6. The number of aromatic nitrogens is 3. The zero-order valence-electron chi connectivity index (χ0n) is 12.7. The second kappa shape index (κ2) is 5.92. The lowest BCUT2D eigenvalue weighted by Crippen LogP contribution is -2.32. The fourth-order valence-electron chi connectivity index (χ4n) is 2.16. The average Bonchev–Trinajstić information content (AvgIpc) is 2.80. The molecule has 0 saturated carbocycles. The van der Waals surface area contributed by atoms with Crippen molar-refractivity contribution < 1.29 is 4.79 Å². The first-order chi connectivity index (χ1) is 9.93. The first-order valence-corrected chi connectivity index (χ1v) is 6.96. The smallest absolute Gasteiger partial charge is 0.253 e. The Morgan fingerprint density at radius 1 is 1.48 bits per heavy atom. The molecule has 2 aromatic heterocycles. The number of nitrogens with zero attached hydrogens (tertiary/aromatic N) is 4. The Morgan fingerprint density at radius 2 is 2.19 bits per heavy atom. The molecule has 6 nitrogen and oxygen atoms in total. The van der Waals surface area contributed by atoms with E-state index in [-0.39, 0.29) is 24.4 Å². The van der Waals surface area contributed by atoms with E-state index in [1.165, 1.54) is 0 Å². The molecule has 1 amide bonds. The minimum Gasteiger partial charge on any atom is -0.348 e. The summed E-state index contributed by atoms with van der Waals surface area (Å²) in [4.78, 5) is 16.8. The van der Waals surface area contributed by atoms with Crippen molar-refractivity contribution in [3.63, 3.8) is 0 Å². The van der Waals surface area contributed by atoms with Gasteiger partial charge in [-0.2, -0.15) is 10.4 Å². The molecule has 1 N–H and O–H groups in total. The molecule has 1 atom stereocenters. The van der Waals surface area contributed by atoms with Gasteiger partial charge in [0, 0.05) is 17.5 Å². The van der Waals surface area contributed by atoms with Gasteiger partial charge in [-0.25, -0.2) is 9.67 Å². The van der Waals surface area contributed by atoms with Crippen LogP contribution >= 0.6 is 0 Å². The van der Waals surface area contributed by atoms with Gasteiger partial charge < -0.3 is 5.32 Å². The van der Waals surface area contributed by atoms with Crippen LogP contribution in [0.25, 0.3) is 11.0 Å². The number of aryl methyl sites for hydroxylation is 1. The van der Waals surface area contributed by atoms with Crippen molar-refractivity contribution in [1.29, 1.82) is 5.26 Å². The Hall–Kier alpha value is -2.42. The van der Waals surface area contributed by atoms with Gasteiger partial charge in [0.1, 0.15) is 0 Å². The van der Waals surface area contributed by atoms with E-state index in [9.17, 15) is 4.79 Å². The van der Waals surface area contributed by atoms with Gasteiger partial charge >= 0.3 is 0 Å². The molecule has 0 unspecified atom stereocenters. The van der Waals surface area contributed by atoms with Gasteiger partial charge in [0.15, 0.2) is 5.65 Å². The molecule has 0 fully saturated rings. The lowest BCUT2D eigenvalue weighted by Gasteiger charge is -2.12. The molecule has 0 aliphatic rings. The van der Waals surface area contributed by atoms with Crippen LogP contribution in [0.5, 0.6) is 0 Å². The number of nitriles is 1. The SMILES string of the molecule is Cc1nc2c(cnn2C(C)C)cc1C(=O)N[C@@H](C)CC#N. The lowest BCUT2D eigenvalue weighted by molar-refractivity contribution is 0.0940. The standard InChI is InChI=1S/C15H19N5O/c1-9(2)20-14-12(8-17-20)7-13(11(4)19-14)15(21)18-10(3)5-6-16/h7-10H,5H2,1-4H3,(H,18,21)/t10-/m0/s1. The zero-order chi connectivity index (χ0) is 15.6. The summed E-state index contributed by atoms with van der Waals surface area (Å²) in [6.07, 6.45) is 2.00. The molecule has 0 aromatic carbocycles. The third-order valence-corrected chi connectivity index (χ3v) is 3.27. The van der Waals surface area contributed by atoms with Crippen LogP contribution in [0.4, 0.5) is 0 Å². The number of carbonyl (C=O) groups is 1. The van der Waals surface area contributed by atoms with Gasteiger partial charge in [-0.1, -0.05) is 0 Å². The highest BCUT2D eigenvalue weighted by Gasteiger charge is 2.16. The van der Waals surface area contributed by atoms with Crippen LogP contribution in [0.1, 0.15) is 49.3 Å². The summed E-state index contributed by atoms with van der Waals surface area (Å²) in [6, 6.07) is 3.87. The van der Waals surface area contributed by atoms with Crippen LogP contribution in [0.15, 0.2) is 12.3 Å². The van der Waals surface area contributed by atoms with Crippen molar-refractivity contribution in [1.82, 2.24) is 20.1 Å². The van der Waals surface area contributed by atoms with Crippen LogP contribution in [0.2, 0.25) is 0 Å². The van der Waals surface area contributed by atoms with E-state index in [1.807, 2.05) is 24.6 Å². The van der Waals surface area contributed by atoms with Crippen LogP contribution in [-0.4, -0.2) is 26.7 Å². The molecule has 0 spiro atoms. The summed E-state index contributed by atoms with van der Waals surface area (Å²) in [5.41, 5.74) is 1.96. The van der Waals surface area contributed by atoms with E-state index in [1.54, 1.807) is 26.1 Å². The van der Waals surface area contributed by atoms with Crippen molar-refractivity contribution in [2.24, 2.45) is 0 Å². The highest BCUT2D eigenvalue weighted by Crippen LogP contribution is 2.19. The fourth-order valence-corrected chi connectivity index (χ4v) is 2.16. The van der Waals surface area contributed by atoms with Crippen LogP contribution in [-0.2, 0) is 0 Å². The maximum Gasteiger partial charge on any atom is 0.253 e. The zero-order valence-corrected chi connectivity index (χ0v) is 12.7. The average molecular weight is 285 g/mol. The minimum atomic E-state index is -0.207. The molecule has 110 valence electrons. The molecule has 6 heteroatoms. The van der Waals surface area contributed by atoms with Gasteiger partial charge in [0.05, 0.1) is 29.9 Å². The number of carbonyl (C=O) groups excluding carboxylic acids is 1. The van der Waals surface area contributed by atoms with Gasteiger partial charge in [-0.05, 0) is 33.8 Å². The van der Waals surface area contributed by atoms with Gasteiger partial charge in [0.25, 0.3) is 5.91 Å². The normalized spacial score (nSPS) is 12.4. The number of fused-ring (bicyclic) bond motifs is 1. The molecule has 2 rings (SSSR count). The Labute approximate surface area is 123 Å². The predicted octanol–water partition coefficient (Wildman–Crippen LogP) is 2.35. The number of amides is 1. The fraction of sp³-hybridized carbons (Fsp3) is 0.467. The van der Waals surface area contributed by atoms with Crippen molar-refractivity contribution in [2.45, 2.75) is 46.2 Å². The Kier molecular flexibility index (Phi) is 4.22. The van der Waals surface area contributed by atoms with E-state index in [2.05, 4.69) is 15.4 Å². The summed E-state index contributed by atoms with van der Waals surface area (Å²) in [7, 11) is 0. The van der Waals surface area contributed by atoms with Gasteiger partial charge in [0.2, 0.25) is 0 Å². The summed E-state index contributed by atoms with van der Waals surface area (Å²) < 4.78 is 1.84. The predicted molar refractivity (Wildman–Crippen MR) is 79.8 cm³/mol. The number of hydrogen-bond acceptors (Lipinski definition) is 4. The molecule has 0 bridgehead atoms. The number of hydrogen-bond donors (Lipinski definition) is 1. The Bertz CT molecular complexity index is 711. The first-order valence-electron chi connectivity index (χ1n) is 6.96. The van der Waals surface area contributed by atoms with E-state index in [0.717, 1.165) is 11.0 Å². The molecule has 0 aliphatic carbocycles. The topological polar surface area (TPSA) is 83.6 Å². The van der Waals surface area contributed by atoms with E-state index >= 15 is 0 Å². The Morgan fingerprint density at radius 3 is 2.81 bits per heavy atom. The molecular weight excluding hydrogens is 266 g/mol. The lowest BCUT2D eigenvalue weighted by atomic mass is 10.1. The Balaban J connectivity index is 2.36. The van der Waals surface area contributed by atoms with E-state index < -0.39 is 0 Å². The van der Waals surface area contributed by atoms with Gasteiger partial charge in [-0.3, -0.25) is 4.79 Å². The van der Waals surface area contributed by atoms with Gasteiger partial charge in [-0.15, -0.1) is 0 Å². The molecule has 0 aliphatic heterocycles. The molecule has 0 radical (unpaired) electrons. The molecule has 2 aromatic rings. The van der Waals surface area contributed by atoms with E-state index in [4.69, 9.17) is 5.26 Å². The van der Waals surface area contributed by atoms with Crippen molar-refractivity contribution in [2.75, 3.05) is 0 Å². The third-order valence-electron chi connectivity index (χ3n) is 3.27. The molecule has 0 saturated heterocycles. The number of nitrogens with one attached hydrogen (secondary N) is 1.